The Morgan fingerprint density at radius 1 is 1.14 bits per heavy atom. The van der Waals surface area contributed by atoms with Crippen LogP contribution in [-0.2, 0) is 19.0 Å². The minimum Gasteiger partial charge on any atom is -0.490 e. The molecule has 0 unspecified atom stereocenters. The predicted octanol–water partition coefficient (Wildman–Crippen LogP) is 3.93. The largest absolute Gasteiger partial charge is 0.490 e. The summed E-state index contributed by atoms with van der Waals surface area (Å²) in [6, 6.07) is 7.82. The van der Waals surface area contributed by atoms with Crippen LogP contribution in [0.15, 0.2) is 24.3 Å². The van der Waals surface area contributed by atoms with Crippen LogP contribution >= 0.6 is 11.6 Å². The van der Waals surface area contributed by atoms with Crippen LogP contribution in [0.1, 0.15) is 30.8 Å². The average molecular weight is 309 g/mol. The van der Waals surface area contributed by atoms with Gasteiger partial charge in [0.15, 0.2) is 11.5 Å². The van der Waals surface area contributed by atoms with E-state index in [0.29, 0.717) is 19.1 Å². The highest BCUT2D eigenvalue weighted by Crippen LogP contribution is 2.29. The molecular formula is C16H21ClN2O2. The van der Waals surface area contributed by atoms with E-state index in [-0.39, 0.29) is 0 Å². The zero-order chi connectivity index (χ0) is 15.2. The fourth-order valence-corrected chi connectivity index (χ4v) is 2.33. The van der Waals surface area contributed by atoms with Gasteiger partial charge in [-0.3, -0.25) is 4.68 Å². The molecule has 0 radical (unpaired) electrons. The van der Waals surface area contributed by atoms with Crippen molar-refractivity contribution in [2.24, 2.45) is 0 Å². The number of hydrogen-bond donors (Lipinski definition) is 0. The number of benzene rings is 1. The fourth-order valence-electron chi connectivity index (χ4n) is 2.16. The van der Waals surface area contributed by atoms with Crippen LogP contribution in [0.4, 0.5) is 0 Å². The lowest BCUT2D eigenvalue weighted by Crippen LogP contribution is -2.07. The van der Waals surface area contributed by atoms with E-state index < -0.39 is 0 Å². The van der Waals surface area contributed by atoms with Crippen molar-refractivity contribution in [2.75, 3.05) is 6.61 Å². The smallest absolute Gasteiger partial charge is 0.161 e. The number of ether oxygens (including phenoxy) is 2. The second kappa shape index (κ2) is 7.36. The molecule has 0 N–H and O–H groups in total. The lowest BCUT2D eigenvalue weighted by molar-refractivity contribution is 0.261. The molecule has 0 amide bonds. The van der Waals surface area contributed by atoms with Gasteiger partial charge in [0.05, 0.1) is 18.0 Å². The number of alkyl halides is 1. The summed E-state index contributed by atoms with van der Waals surface area (Å²) in [5.41, 5.74) is 3.07. The van der Waals surface area contributed by atoms with Crippen LogP contribution in [0.2, 0.25) is 0 Å². The van der Waals surface area contributed by atoms with E-state index in [4.69, 9.17) is 21.1 Å². The highest BCUT2D eigenvalue weighted by molar-refractivity contribution is 6.17. The van der Waals surface area contributed by atoms with Crippen LogP contribution in [-0.4, -0.2) is 16.4 Å². The third-order valence-electron chi connectivity index (χ3n) is 3.12. The summed E-state index contributed by atoms with van der Waals surface area (Å²) in [5.74, 6) is 1.92. The number of rotatable bonds is 7. The summed E-state index contributed by atoms with van der Waals surface area (Å²) >= 11 is 5.86. The van der Waals surface area contributed by atoms with Gasteiger partial charge in [0.2, 0.25) is 0 Å². The van der Waals surface area contributed by atoms with Gasteiger partial charge in [-0.1, -0.05) is 6.07 Å². The molecule has 0 aliphatic carbocycles. The van der Waals surface area contributed by atoms with Gasteiger partial charge in [-0.2, -0.15) is 5.10 Å². The summed E-state index contributed by atoms with van der Waals surface area (Å²) in [5, 5.41) is 4.42. The molecule has 0 aliphatic heterocycles. The Morgan fingerprint density at radius 2 is 1.95 bits per heavy atom. The first-order valence-electron chi connectivity index (χ1n) is 7.15. The Bertz CT molecular complexity index is 596. The molecule has 0 saturated carbocycles. The van der Waals surface area contributed by atoms with Crippen molar-refractivity contribution < 1.29 is 9.47 Å². The highest BCUT2D eigenvalue weighted by Gasteiger charge is 2.09. The first-order chi connectivity index (χ1) is 10.2. The lowest BCUT2D eigenvalue weighted by atomic mass is 10.2. The van der Waals surface area contributed by atoms with E-state index in [0.717, 1.165) is 35.0 Å². The van der Waals surface area contributed by atoms with Gasteiger partial charge in [0.25, 0.3) is 0 Å². The maximum Gasteiger partial charge on any atom is 0.161 e. The second-order valence-electron chi connectivity index (χ2n) is 4.73. The summed E-state index contributed by atoms with van der Waals surface area (Å²) < 4.78 is 13.5. The number of nitrogens with zero attached hydrogens (tertiary/aromatic N) is 2. The van der Waals surface area contributed by atoms with Gasteiger partial charge in [-0.05, 0) is 44.5 Å². The number of halogens is 1. The standard InChI is InChI=1S/C16H21ClN2O2/c1-4-19-14(8-12(3)18-19)11-21-15-7-6-13(10-17)9-16(15)20-5-2/h6-9H,4-5,10-11H2,1-3H3. The first-order valence-corrected chi connectivity index (χ1v) is 7.69. The van der Waals surface area contributed by atoms with E-state index in [9.17, 15) is 0 Å². The zero-order valence-electron chi connectivity index (χ0n) is 12.7. The monoisotopic (exact) mass is 308 g/mol. The fraction of sp³-hybridized carbons (Fsp3) is 0.438. The molecule has 0 atom stereocenters. The topological polar surface area (TPSA) is 36.3 Å². The van der Waals surface area contributed by atoms with Gasteiger partial charge < -0.3 is 9.47 Å². The Kier molecular flexibility index (Phi) is 5.51. The van der Waals surface area contributed by atoms with Crippen molar-refractivity contribution in [3.8, 4) is 11.5 Å². The van der Waals surface area contributed by atoms with Crippen LogP contribution in [0.25, 0.3) is 0 Å². The van der Waals surface area contributed by atoms with Crippen LogP contribution in [0, 0.1) is 6.92 Å². The Balaban J connectivity index is 2.15. The summed E-state index contributed by atoms with van der Waals surface area (Å²) in [4.78, 5) is 0. The van der Waals surface area contributed by atoms with Gasteiger partial charge in [0, 0.05) is 12.4 Å². The number of aryl methyl sites for hydroxylation is 2. The molecule has 0 bridgehead atoms. The van der Waals surface area contributed by atoms with Crippen LogP contribution in [0.5, 0.6) is 11.5 Å². The minimum atomic E-state index is 0.460. The van der Waals surface area contributed by atoms with Gasteiger partial charge in [0.1, 0.15) is 6.61 Å². The molecule has 0 aliphatic rings. The minimum absolute atomic E-state index is 0.460. The quantitative estimate of drug-likeness (QED) is 0.727. The molecule has 1 aromatic heterocycles. The molecule has 4 nitrogen and oxygen atoms in total. The molecule has 1 heterocycles. The zero-order valence-corrected chi connectivity index (χ0v) is 13.5. The summed E-state index contributed by atoms with van der Waals surface area (Å²) in [6.45, 7) is 7.89. The Labute approximate surface area is 130 Å². The Morgan fingerprint density at radius 3 is 2.62 bits per heavy atom. The average Bonchev–Trinajstić information content (AvgIpc) is 2.86. The molecule has 2 rings (SSSR count). The third-order valence-corrected chi connectivity index (χ3v) is 3.43. The lowest BCUT2D eigenvalue weighted by Gasteiger charge is -2.13. The second-order valence-corrected chi connectivity index (χ2v) is 5.00. The maximum atomic E-state index is 5.90. The predicted molar refractivity (Wildman–Crippen MR) is 84.1 cm³/mol. The number of aromatic nitrogens is 2. The van der Waals surface area contributed by atoms with Crippen molar-refractivity contribution >= 4 is 11.6 Å². The molecule has 0 fully saturated rings. The van der Waals surface area contributed by atoms with Gasteiger partial charge >= 0.3 is 0 Å². The SMILES string of the molecule is CCOc1cc(CCl)ccc1OCc1cc(C)nn1CC. The summed E-state index contributed by atoms with van der Waals surface area (Å²) in [6.07, 6.45) is 0. The van der Waals surface area contributed by atoms with Crippen molar-refractivity contribution in [2.45, 2.75) is 39.8 Å². The van der Waals surface area contributed by atoms with Crippen molar-refractivity contribution in [1.82, 2.24) is 9.78 Å². The molecule has 5 heteroatoms. The van der Waals surface area contributed by atoms with E-state index in [1.807, 2.05) is 42.8 Å². The van der Waals surface area contributed by atoms with Crippen molar-refractivity contribution in [3.63, 3.8) is 0 Å². The molecule has 2 aromatic rings. The maximum absolute atomic E-state index is 5.90. The van der Waals surface area contributed by atoms with Crippen LogP contribution < -0.4 is 9.47 Å². The molecule has 21 heavy (non-hydrogen) atoms. The van der Waals surface area contributed by atoms with E-state index in [2.05, 4.69) is 12.0 Å². The Hall–Kier alpha value is -1.68. The van der Waals surface area contributed by atoms with E-state index in [1.54, 1.807) is 0 Å². The molecule has 0 saturated heterocycles. The van der Waals surface area contributed by atoms with E-state index >= 15 is 0 Å². The van der Waals surface area contributed by atoms with Gasteiger partial charge in [-0.25, -0.2) is 0 Å². The highest BCUT2D eigenvalue weighted by atomic mass is 35.5. The summed E-state index contributed by atoms with van der Waals surface area (Å²) in [7, 11) is 0. The van der Waals surface area contributed by atoms with Crippen molar-refractivity contribution in [3.05, 3.63) is 41.2 Å². The normalized spacial score (nSPS) is 10.7. The van der Waals surface area contributed by atoms with Gasteiger partial charge in [-0.15, -0.1) is 11.6 Å². The van der Waals surface area contributed by atoms with E-state index in [1.165, 1.54) is 0 Å². The molecule has 0 spiro atoms. The first kappa shape index (κ1) is 15.7. The van der Waals surface area contributed by atoms with Crippen molar-refractivity contribution in [1.29, 1.82) is 0 Å². The molecule has 1 aromatic carbocycles. The third kappa shape index (κ3) is 3.91. The molecular weight excluding hydrogens is 288 g/mol. The molecule has 114 valence electrons. The number of hydrogen-bond acceptors (Lipinski definition) is 3. The van der Waals surface area contributed by atoms with Crippen LogP contribution in [0.3, 0.4) is 0 Å².